The lowest BCUT2D eigenvalue weighted by Crippen LogP contribution is -2.11. The molecule has 6 heteroatoms. The third kappa shape index (κ3) is 3.01. The van der Waals surface area contributed by atoms with Crippen molar-refractivity contribution in [2.75, 3.05) is 6.26 Å². The summed E-state index contributed by atoms with van der Waals surface area (Å²) in [6, 6.07) is 7.62. The second-order valence-electron chi connectivity index (χ2n) is 3.13. The number of nitrogens with one attached hydrogen (secondary N) is 1. The first-order valence-corrected chi connectivity index (χ1v) is 7.06. The standard InChI is InChI=1S/C11H9IN2O2S/c1-17-8-4-2-7(3-5-8)16-11-9(12)10(15)13-6-14-11/h2-6H,1H3,(H,13,14,15). The van der Waals surface area contributed by atoms with Crippen LogP contribution in [0.3, 0.4) is 0 Å². The minimum Gasteiger partial charge on any atom is -0.438 e. The molecule has 17 heavy (non-hydrogen) atoms. The van der Waals surface area contributed by atoms with Gasteiger partial charge in [-0.25, -0.2) is 4.98 Å². The number of H-pyrrole nitrogens is 1. The van der Waals surface area contributed by atoms with Gasteiger partial charge < -0.3 is 9.72 Å². The number of benzene rings is 1. The molecular weight excluding hydrogens is 351 g/mol. The summed E-state index contributed by atoms with van der Waals surface area (Å²) in [5, 5.41) is 0. The second kappa shape index (κ2) is 5.54. The monoisotopic (exact) mass is 360 g/mol. The zero-order valence-electron chi connectivity index (χ0n) is 8.94. The summed E-state index contributed by atoms with van der Waals surface area (Å²) < 4.78 is 5.99. The van der Waals surface area contributed by atoms with Crippen LogP contribution < -0.4 is 10.3 Å². The van der Waals surface area contributed by atoms with Gasteiger partial charge in [-0.05, 0) is 53.1 Å². The van der Waals surface area contributed by atoms with Crippen LogP contribution in [0.15, 0.2) is 40.3 Å². The molecular formula is C11H9IN2O2S. The minimum atomic E-state index is -0.198. The fraction of sp³-hybridized carbons (Fsp3) is 0.0909. The molecule has 0 saturated carbocycles. The number of thioether (sulfide) groups is 1. The van der Waals surface area contributed by atoms with E-state index in [1.807, 2.05) is 53.1 Å². The number of aromatic amines is 1. The van der Waals surface area contributed by atoms with Crippen molar-refractivity contribution in [1.82, 2.24) is 9.97 Å². The van der Waals surface area contributed by atoms with Crippen molar-refractivity contribution in [3.8, 4) is 11.6 Å². The summed E-state index contributed by atoms with van der Waals surface area (Å²) in [5.41, 5.74) is -0.198. The van der Waals surface area contributed by atoms with E-state index in [0.717, 1.165) is 4.90 Å². The maximum Gasteiger partial charge on any atom is 0.268 e. The van der Waals surface area contributed by atoms with Crippen LogP contribution in [0, 0.1) is 3.57 Å². The second-order valence-corrected chi connectivity index (χ2v) is 5.09. The normalized spacial score (nSPS) is 10.2. The number of ether oxygens (including phenoxy) is 1. The highest BCUT2D eigenvalue weighted by Crippen LogP contribution is 2.24. The van der Waals surface area contributed by atoms with Gasteiger partial charge in [-0.2, -0.15) is 0 Å². The SMILES string of the molecule is CSc1ccc(Oc2nc[nH]c(=O)c2I)cc1. The van der Waals surface area contributed by atoms with Gasteiger partial charge in [0.05, 0.1) is 6.33 Å². The average molecular weight is 360 g/mol. The molecule has 4 nitrogen and oxygen atoms in total. The Morgan fingerprint density at radius 3 is 2.71 bits per heavy atom. The molecule has 1 heterocycles. The molecule has 2 aromatic rings. The van der Waals surface area contributed by atoms with Gasteiger partial charge in [0.2, 0.25) is 5.88 Å². The Kier molecular flexibility index (Phi) is 4.06. The molecule has 0 amide bonds. The zero-order valence-corrected chi connectivity index (χ0v) is 11.9. The number of rotatable bonds is 3. The van der Waals surface area contributed by atoms with Gasteiger partial charge in [0, 0.05) is 4.90 Å². The van der Waals surface area contributed by atoms with E-state index < -0.39 is 0 Å². The molecule has 0 fully saturated rings. The van der Waals surface area contributed by atoms with E-state index in [1.165, 1.54) is 6.33 Å². The van der Waals surface area contributed by atoms with Gasteiger partial charge >= 0.3 is 0 Å². The van der Waals surface area contributed by atoms with E-state index in [1.54, 1.807) is 11.8 Å². The van der Waals surface area contributed by atoms with Crippen molar-refractivity contribution in [1.29, 1.82) is 0 Å². The van der Waals surface area contributed by atoms with Crippen molar-refractivity contribution in [3.05, 3.63) is 44.5 Å². The summed E-state index contributed by atoms with van der Waals surface area (Å²) in [6.07, 6.45) is 3.34. The van der Waals surface area contributed by atoms with Crippen LogP contribution in [0.1, 0.15) is 0 Å². The van der Waals surface area contributed by atoms with Gasteiger partial charge in [0.15, 0.2) is 0 Å². The molecule has 0 aliphatic heterocycles. The van der Waals surface area contributed by atoms with E-state index in [0.29, 0.717) is 15.2 Å². The molecule has 1 N–H and O–H groups in total. The molecule has 0 bridgehead atoms. The van der Waals surface area contributed by atoms with E-state index in [-0.39, 0.29) is 5.56 Å². The van der Waals surface area contributed by atoms with Crippen LogP contribution in [0.5, 0.6) is 11.6 Å². The first-order valence-electron chi connectivity index (χ1n) is 4.76. The van der Waals surface area contributed by atoms with Gasteiger partial charge in [-0.3, -0.25) is 4.79 Å². The molecule has 0 spiro atoms. The third-order valence-electron chi connectivity index (χ3n) is 2.04. The number of hydrogen-bond donors (Lipinski definition) is 1. The van der Waals surface area contributed by atoms with Gasteiger partial charge in [-0.1, -0.05) is 0 Å². The maximum atomic E-state index is 11.3. The fourth-order valence-corrected chi connectivity index (χ4v) is 2.01. The molecule has 0 atom stereocenters. The van der Waals surface area contributed by atoms with E-state index >= 15 is 0 Å². The third-order valence-corrected chi connectivity index (χ3v) is 3.73. The Bertz CT molecular complexity index is 568. The molecule has 0 aliphatic carbocycles. The van der Waals surface area contributed by atoms with Crippen LogP contribution in [-0.4, -0.2) is 16.2 Å². The molecule has 0 unspecified atom stereocenters. The predicted octanol–water partition coefficient (Wildman–Crippen LogP) is 2.89. The Balaban J connectivity index is 2.25. The Labute approximate surface area is 116 Å². The lowest BCUT2D eigenvalue weighted by atomic mass is 10.3. The van der Waals surface area contributed by atoms with Crippen molar-refractivity contribution < 1.29 is 4.74 Å². The highest BCUT2D eigenvalue weighted by Gasteiger charge is 2.07. The average Bonchev–Trinajstić information content (AvgIpc) is 2.36. The van der Waals surface area contributed by atoms with Gasteiger partial charge in [-0.15, -0.1) is 11.8 Å². The van der Waals surface area contributed by atoms with E-state index in [2.05, 4.69) is 9.97 Å². The van der Waals surface area contributed by atoms with Gasteiger partial charge in [0.25, 0.3) is 5.56 Å². The molecule has 0 radical (unpaired) electrons. The molecule has 88 valence electrons. The lowest BCUT2D eigenvalue weighted by molar-refractivity contribution is 0.456. The predicted molar refractivity (Wildman–Crippen MR) is 75.9 cm³/mol. The zero-order chi connectivity index (χ0) is 12.3. The van der Waals surface area contributed by atoms with E-state index in [9.17, 15) is 4.79 Å². The Morgan fingerprint density at radius 1 is 1.35 bits per heavy atom. The van der Waals surface area contributed by atoms with Crippen LogP contribution in [0.2, 0.25) is 0 Å². The highest BCUT2D eigenvalue weighted by atomic mass is 127. The first kappa shape index (κ1) is 12.4. The summed E-state index contributed by atoms with van der Waals surface area (Å²) >= 11 is 3.57. The molecule has 1 aromatic carbocycles. The Hall–Kier alpha value is -1.02. The van der Waals surface area contributed by atoms with E-state index in [4.69, 9.17) is 4.74 Å². The highest BCUT2D eigenvalue weighted by molar-refractivity contribution is 14.1. The maximum absolute atomic E-state index is 11.3. The van der Waals surface area contributed by atoms with Crippen molar-refractivity contribution in [2.24, 2.45) is 0 Å². The quantitative estimate of drug-likeness (QED) is 0.676. The minimum absolute atomic E-state index is 0.198. The summed E-state index contributed by atoms with van der Waals surface area (Å²) in [4.78, 5) is 19.0. The first-order chi connectivity index (χ1) is 8.20. The number of halogens is 1. The van der Waals surface area contributed by atoms with Crippen molar-refractivity contribution >= 4 is 34.4 Å². The number of aromatic nitrogens is 2. The van der Waals surface area contributed by atoms with Crippen LogP contribution >= 0.6 is 34.4 Å². The molecule has 2 rings (SSSR count). The number of hydrogen-bond acceptors (Lipinski definition) is 4. The summed E-state index contributed by atoms with van der Waals surface area (Å²) in [5.74, 6) is 0.991. The smallest absolute Gasteiger partial charge is 0.268 e. The molecule has 0 aliphatic rings. The fourth-order valence-electron chi connectivity index (χ4n) is 1.19. The Morgan fingerprint density at radius 2 is 2.06 bits per heavy atom. The largest absolute Gasteiger partial charge is 0.438 e. The lowest BCUT2D eigenvalue weighted by Gasteiger charge is -2.05. The topological polar surface area (TPSA) is 55.0 Å². The van der Waals surface area contributed by atoms with Crippen LogP contribution in [0.4, 0.5) is 0 Å². The molecule has 0 saturated heterocycles. The van der Waals surface area contributed by atoms with Crippen molar-refractivity contribution in [2.45, 2.75) is 4.90 Å². The number of nitrogens with zero attached hydrogens (tertiary/aromatic N) is 1. The summed E-state index contributed by atoms with van der Waals surface area (Å²) in [6.45, 7) is 0. The van der Waals surface area contributed by atoms with Crippen molar-refractivity contribution in [3.63, 3.8) is 0 Å². The van der Waals surface area contributed by atoms with Crippen LogP contribution in [-0.2, 0) is 0 Å². The molecule has 1 aromatic heterocycles. The van der Waals surface area contributed by atoms with Gasteiger partial charge in [0.1, 0.15) is 9.32 Å². The van der Waals surface area contributed by atoms with Crippen LogP contribution in [0.25, 0.3) is 0 Å². The summed E-state index contributed by atoms with van der Waals surface area (Å²) in [7, 11) is 0.